The topological polar surface area (TPSA) is 58.6 Å². The van der Waals surface area contributed by atoms with Crippen LogP contribution < -0.4 is 10.1 Å². The van der Waals surface area contributed by atoms with E-state index in [0.717, 1.165) is 16.9 Å². The molecule has 2 aromatic rings. The molecule has 5 nitrogen and oxygen atoms in total. The fourth-order valence-corrected chi connectivity index (χ4v) is 3.36. The molecule has 3 rings (SSSR count). The largest absolute Gasteiger partial charge is 0.496 e. The van der Waals surface area contributed by atoms with Crippen LogP contribution in [0.3, 0.4) is 0 Å². The molecule has 1 N–H and O–H groups in total. The first-order chi connectivity index (χ1) is 13.7. The number of nitrogens with zero attached hydrogens (tertiary/aromatic N) is 1. The molecule has 0 spiro atoms. The summed E-state index contributed by atoms with van der Waals surface area (Å²) in [4.78, 5) is 26.6. The van der Waals surface area contributed by atoms with Crippen LogP contribution in [-0.4, -0.2) is 36.9 Å². The lowest BCUT2D eigenvalue weighted by Gasteiger charge is -2.30. The number of carbonyl (C=O) groups is 2. The molecular formula is C23H26N2O3. The van der Waals surface area contributed by atoms with Crippen LogP contribution in [0.1, 0.15) is 24.0 Å². The molecule has 1 fully saturated rings. The molecule has 28 heavy (non-hydrogen) atoms. The SMILES string of the molecule is COc1ccccc1/C=C/C(=O)N1CCC(C(=O)NCc2ccccc2)CC1. The number of rotatable bonds is 6. The molecular weight excluding hydrogens is 352 g/mol. The van der Waals surface area contributed by atoms with E-state index in [0.29, 0.717) is 32.5 Å². The highest BCUT2D eigenvalue weighted by Crippen LogP contribution is 2.20. The lowest BCUT2D eigenvalue weighted by molar-refractivity contribution is -0.132. The van der Waals surface area contributed by atoms with E-state index in [4.69, 9.17) is 4.74 Å². The van der Waals surface area contributed by atoms with Gasteiger partial charge in [-0.1, -0.05) is 48.5 Å². The molecule has 0 saturated carbocycles. The zero-order chi connectivity index (χ0) is 19.8. The maximum atomic E-state index is 12.5. The summed E-state index contributed by atoms with van der Waals surface area (Å²) in [6.07, 6.45) is 4.73. The number of likely N-dealkylation sites (tertiary alicyclic amines) is 1. The Morgan fingerprint density at radius 2 is 1.75 bits per heavy atom. The smallest absolute Gasteiger partial charge is 0.246 e. The number of para-hydroxylation sites is 1. The second kappa shape index (κ2) is 9.74. The normalized spacial score (nSPS) is 14.8. The van der Waals surface area contributed by atoms with Gasteiger partial charge in [-0.2, -0.15) is 0 Å². The van der Waals surface area contributed by atoms with Crippen LogP contribution in [0.2, 0.25) is 0 Å². The zero-order valence-corrected chi connectivity index (χ0v) is 16.1. The maximum absolute atomic E-state index is 12.5. The Balaban J connectivity index is 1.47. The van der Waals surface area contributed by atoms with Gasteiger partial charge in [0.2, 0.25) is 11.8 Å². The molecule has 5 heteroatoms. The molecule has 2 aromatic carbocycles. The van der Waals surface area contributed by atoms with Gasteiger partial charge < -0.3 is 15.0 Å². The van der Waals surface area contributed by atoms with Crippen molar-refractivity contribution in [2.24, 2.45) is 5.92 Å². The first kappa shape index (κ1) is 19.7. The molecule has 0 aromatic heterocycles. The Labute approximate surface area is 166 Å². The third-order valence-corrected chi connectivity index (χ3v) is 5.03. The summed E-state index contributed by atoms with van der Waals surface area (Å²) in [6.45, 7) is 1.73. The number of piperidine rings is 1. The zero-order valence-electron chi connectivity index (χ0n) is 16.1. The Kier molecular flexibility index (Phi) is 6.84. The van der Waals surface area contributed by atoms with Crippen LogP contribution in [-0.2, 0) is 16.1 Å². The molecule has 1 aliphatic rings. The first-order valence-electron chi connectivity index (χ1n) is 9.59. The van der Waals surface area contributed by atoms with Crippen molar-refractivity contribution in [3.8, 4) is 5.75 Å². The summed E-state index contributed by atoms with van der Waals surface area (Å²) in [5.41, 5.74) is 1.96. The summed E-state index contributed by atoms with van der Waals surface area (Å²) in [5.74, 6) is 0.737. The van der Waals surface area contributed by atoms with E-state index >= 15 is 0 Å². The van der Waals surface area contributed by atoms with E-state index in [2.05, 4.69) is 5.32 Å². The Morgan fingerprint density at radius 3 is 2.46 bits per heavy atom. The number of hydrogen-bond acceptors (Lipinski definition) is 3. The first-order valence-corrected chi connectivity index (χ1v) is 9.59. The van der Waals surface area contributed by atoms with E-state index in [1.54, 1.807) is 24.2 Å². The monoisotopic (exact) mass is 378 g/mol. The van der Waals surface area contributed by atoms with Gasteiger partial charge in [-0.3, -0.25) is 9.59 Å². The maximum Gasteiger partial charge on any atom is 0.246 e. The number of carbonyl (C=O) groups excluding carboxylic acids is 2. The molecule has 146 valence electrons. The van der Waals surface area contributed by atoms with Crippen molar-refractivity contribution in [3.63, 3.8) is 0 Å². The van der Waals surface area contributed by atoms with E-state index in [1.165, 1.54) is 0 Å². The third-order valence-electron chi connectivity index (χ3n) is 5.03. The fraction of sp³-hybridized carbons (Fsp3) is 0.304. The second-order valence-corrected chi connectivity index (χ2v) is 6.88. The van der Waals surface area contributed by atoms with Gasteiger partial charge in [-0.25, -0.2) is 0 Å². The Morgan fingerprint density at radius 1 is 1.07 bits per heavy atom. The van der Waals surface area contributed by atoms with Crippen LogP contribution >= 0.6 is 0 Å². The molecule has 1 saturated heterocycles. The highest BCUT2D eigenvalue weighted by molar-refractivity contribution is 5.92. The summed E-state index contributed by atoms with van der Waals surface area (Å²) in [7, 11) is 1.61. The minimum Gasteiger partial charge on any atom is -0.496 e. The van der Waals surface area contributed by atoms with Crippen molar-refractivity contribution in [2.45, 2.75) is 19.4 Å². The average Bonchev–Trinajstić information content (AvgIpc) is 2.76. The van der Waals surface area contributed by atoms with Crippen molar-refractivity contribution in [1.82, 2.24) is 10.2 Å². The summed E-state index contributed by atoms with van der Waals surface area (Å²) in [6, 6.07) is 17.5. The van der Waals surface area contributed by atoms with Gasteiger partial charge in [0, 0.05) is 37.2 Å². The predicted molar refractivity (Wildman–Crippen MR) is 110 cm³/mol. The molecule has 1 heterocycles. The van der Waals surface area contributed by atoms with Crippen LogP contribution in [0.4, 0.5) is 0 Å². The van der Waals surface area contributed by atoms with Gasteiger partial charge in [0.15, 0.2) is 0 Å². The second-order valence-electron chi connectivity index (χ2n) is 6.88. The van der Waals surface area contributed by atoms with Gasteiger partial charge in [0.25, 0.3) is 0 Å². The third kappa shape index (κ3) is 5.22. The lowest BCUT2D eigenvalue weighted by atomic mass is 9.95. The van der Waals surface area contributed by atoms with Gasteiger partial charge in [0.05, 0.1) is 7.11 Å². The van der Waals surface area contributed by atoms with Gasteiger partial charge in [0.1, 0.15) is 5.75 Å². The van der Waals surface area contributed by atoms with E-state index < -0.39 is 0 Å². The fourth-order valence-electron chi connectivity index (χ4n) is 3.36. The number of benzene rings is 2. The molecule has 0 bridgehead atoms. The average molecular weight is 378 g/mol. The molecule has 0 unspecified atom stereocenters. The highest BCUT2D eigenvalue weighted by Gasteiger charge is 2.26. The molecule has 0 atom stereocenters. The summed E-state index contributed by atoms with van der Waals surface area (Å²) >= 11 is 0. The van der Waals surface area contributed by atoms with Gasteiger partial charge in [-0.05, 0) is 30.5 Å². The number of ether oxygens (including phenoxy) is 1. The van der Waals surface area contributed by atoms with Crippen molar-refractivity contribution >= 4 is 17.9 Å². The van der Waals surface area contributed by atoms with Crippen molar-refractivity contribution in [3.05, 3.63) is 71.8 Å². The van der Waals surface area contributed by atoms with Gasteiger partial charge >= 0.3 is 0 Å². The number of methoxy groups -OCH3 is 1. The predicted octanol–water partition coefficient (Wildman–Crippen LogP) is 3.26. The highest BCUT2D eigenvalue weighted by atomic mass is 16.5. The molecule has 1 aliphatic heterocycles. The minimum absolute atomic E-state index is 0.0333. The molecule has 0 aliphatic carbocycles. The van der Waals surface area contributed by atoms with Crippen molar-refractivity contribution < 1.29 is 14.3 Å². The molecule has 0 radical (unpaired) electrons. The van der Waals surface area contributed by atoms with Crippen LogP contribution in [0.15, 0.2) is 60.7 Å². The number of hydrogen-bond donors (Lipinski definition) is 1. The van der Waals surface area contributed by atoms with E-state index in [1.807, 2.05) is 54.6 Å². The Hall–Kier alpha value is -3.08. The van der Waals surface area contributed by atoms with Crippen molar-refractivity contribution in [1.29, 1.82) is 0 Å². The van der Waals surface area contributed by atoms with E-state index in [-0.39, 0.29) is 17.7 Å². The van der Waals surface area contributed by atoms with Crippen molar-refractivity contribution in [2.75, 3.05) is 20.2 Å². The van der Waals surface area contributed by atoms with E-state index in [9.17, 15) is 9.59 Å². The van der Waals surface area contributed by atoms with Crippen LogP contribution in [0.25, 0.3) is 6.08 Å². The minimum atomic E-state index is -0.0361. The summed E-state index contributed by atoms with van der Waals surface area (Å²) < 4.78 is 5.30. The quantitative estimate of drug-likeness (QED) is 0.785. The Bertz CT molecular complexity index is 825. The summed E-state index contributed by atoms with van der Waals surface area (Å²) in [5, 5.41) is 3.00. The van der Waals surface area contributed by atoms with Crippen LogP contribution in [0, 0.1) is 5.92 Å². The lowest BCUT2D eigenvalue weighted by Crippen LogP contribution is -2.42. The number of nitrogens with one attached hydrogen (secondary N) is 1. The van der Waals surface area contributed by atoms with Crippen LogP contribution in [0.5, 0.6) is 5.75 Å². The number of amides is 2. The van der Waals surface area contributed by atoms with Gasteiger partial charge in [-0.15, -0.1) is 0 Å². The molecule has 2 amide bonds. The standard InChI is InChI=1S/C23H26N2O3/c1-28-21-10-6-5-9-19(21)11-12-22(26)25-15-13-20(14-16-25)23(27)24-17-18-7-3-2-4-8-18/h2-12,20H,13-17H2,1H3,(H,24,27)/b12-11+.